The number of nitrogens with one attached hydrogen (secondary N) is 2. The van der Waals surface area contributed by atoms with Crippen LogP contribution in [-0.4, -0.2) is 10.9 Å². The van der Waals surface area contributed by atoms with Crippen molar-refractivity contribution in [1.82, 2.24) is 10.3 Å². The van der Waals surface area contributed by atoms with Gasteiger partial charge in [-0.2, -0.15) is 0 Å². The van der Waals surface area contributed by atoms with E-state index in [1.54, 1.807) is 0 Å². The number of amides is 1. The first kappa shape index (κ1) is 24.9. The molecule has 0 saturated heterocycles. The fourth-order valence-electron chi connectivity index (χ4n) is 5.15. The second kappa shape index (κ2) is 11.5. The van der Waals surface area contributed by atoms with Gasteiger partial charge in [-0.15, -0.1) is 0 Å². The molecule has 0 spiro atoms. The molecule has 1 heterocycles. The average Bonchev–Trinajstić information content (AvgIpc) is 3.37. The fourth-order valence-corrected chi connectivity index (χ4v) is 5.28. The monoisotopic (exact) mass is 506 g/mol. The highest BCUT2D eigenvalue weighted by Crippen LogP contribution is 2.35. The number of fused-ring (bicyclic) bond motifs is 1. The number of aromatic nitrogens is 1. The number of hydrogen-bond donors (Lipinski definition) is 2. The standard InChI is InChI=1S/C33H31ClN2O/c1-2-24-14-9-15-28-30(22-35-33(24)28)29(25-16-18-27(34)19-17-25)21-32(37)36-31(26-12-7-4-8-13-26)20-23-10-5-3-6-11-23/h3-19,22,29,31,35H,2,20-21H2,1H3,(H,36,37)/t29-,31-/m0/s1. The number of aromatic amines is 1. The van der Waals surface area contributed by atoms with Crippen molar-refractivity contribution in [3.05, 3.63) is 142 Å². The first-order chi connectivity index (χ1) is 18.1. The summed E-state index contributed by atoms with van der Waals surface area (Å²) < 4.78 is 0. The topological polar surface area (TPSA) is 44.9 Å². The number of para-hydroxylation sites is 1. The van der Waals surface area contributed by atoms with E-state index in [0.29, 0.717) is 11.4 Å². The molecule has 4 aromatic carbocycles. The summed E-state index contributed by atoms with van der Waals surface area (Å²) in [5.74, 6) is -0.0861. The highest BCUT2D eigenvalue weighted by atomic mass is 35.5. The van der Waals surface area contributed by atoms with E-state index in [1.165, 1.54) is 11.1 Å². The Labute approximate surface area is 223 Å². The molecule has 2 atom stereocenters. The lowest BCUT2D eigenvalue weighted by Crippen LogP contribution is -2.31. The number of halogens is 1. The molecule has 1 aromatic heterocycles. The van der Waals surface area contributed by atoms with Crippen molar-refractivity contribution < 1.29 is 4.79 Å². The third-order valence-corrected chi connectivity index (χ3v) is 7.32. The molecular formula is C33H31ClN2O. The number of carbonyl (C=O) groups excluding carboxylic acids is 1. The van der Waals surface area contributed by atoms with Gasteiger partial charge in [0.25, 0.3) is 0 Å². The molecule has 5 aromatic rings. The summed E-state index contributed by atoms with van der Waals surface area (Å²) in [7, 11) is 0. The van der Waals surface area contributed by atoms with E-state index >= 15 is 0 Å². The second-order valence-electron chi connectivity index (χ2n) is 9.47. The lowest BCUT2D eigenvalue weighted by Gasteiger charge is -2.22. The number of rotatable bonds is 9. The Morgan fingerprint density at radius 1 is 0.838 bits per heavy atom. The quantitative estimate of drug-likeness (QED) is 0.209. The number of benzene rings is 4. The second-order valence-corrected chi connectivity index (χ2v) is 9.90. The summed E-state index contributed by atoms with van der Waals surface area (Å²) in [6.45, 7) is 2.16. The zero-order valence-corrected chi connectivity index (χ0v) is 21.7. The molecule has 186 valence electrons. The SMILES string of the molecule is CCc1cccc2c([C@@H](CC(=O)N[C@@H](Cc3ccccc3)c3ccccc3)c3ccc(Cl)cc3)c[nH]c12. The van der Waals surface area contributed by atoms with Crippen molar-refractivity contribution >= 4 is 28.4 Å². The first-order valence-corrected chi connectivity index (χ1v) is 13.2. The predicted molar refractivity (Wildman–Crippen MR) is 153 cm³/mol. The lowest BCUT2D eigenvalue weighted by atomic mass is 9.87. The Bertz CT molecular complexity index is 1460. The largest absolute Gasteiger partial charge is 0.361 e. The summed E-state index contributed by atoms with van der Waals surface area (Å²) in [5, 5.41) is 5.20. The van der Waals surface area contributed by atoms with Crippen LogP contribution in [0.4, 0.5) is 0 Å². The third-order valence-electron chi connectivity index (χ3n) is 7.07. The summed E-state index contributed by atoms with van der Waals surface area (Å²) in [6.07, 6.45) is 4.08. The molecule has 2 N–H and O–H groups in total. The highest BCUT2D eigenvalue weighted by Gasteiger charge is 2.24. The van der Waals surface area contributed by atoms with Crippen LogP contribution >= 0.6 is 11.6 Å². The first-order valence-electron chi connectivity index (χ1n) is 12.8. The molecule has 0 unspecified atom stereocenters. The van der Waals surface area contributed by atoms with Crippen molar-refractivity contribution in [2.24, 2.45) is 0 Å². The van der Waals surface area contributed by atoms with Gasteiger partial charge in [0, 0.05) is 34.5 Å². The maximum absolute atomic E-state index is 13.7. The molecule has 0 saturated carbocycles. The van der Waals surface area contributed by atoms with Crippen LogP contribution in [0, 0.1) is 0 Å². The number of aryl methyl sites for hydroxylation is 1. The molecule has 0 radical (unpaired) electrons. The summed E-state index contributed by atoms with van der Waals surface area (Å²) in [6, 6.07) is 34.7. The van der Waals surface area contributed by atoms with Crippen LogP contribution < -0.4 is 5.32 Å². The van der Waals surface area contributed by atoms with Crippen LogP contribution in [0.25, 0.3) is 10.9 Å². The van der Waals surface area contributed by atoms with Crippen LogP contribution in [0.3, 0.4) is 0 Å². The molecule has 0 fully saturated rings. The van der Waals surface area contributed by atoms with Gasteiger partial charge < -0.3 is 10.3 Å². The molecule has 0 bridgehead atoms. The Hall–Kier alpha value is -3.82. The van der Waals surface area contributed by atoms with Crippen molar-refractivity contribution in [2.75, 3.05) is 0 Å². The van der Waals surface area contributed by atoms with Gasteiger partial charge in [0.15, 0.2) is 0 Å². The Morgan fingerprint density at radius 2 is 1.54 bits per heavy atom. The number of carbonyl (C=O) groups is 1. The van der Waals surface area contributed by atoms with E-state index in [4.69, 9.17) is 11.6 Å². The fraction of sp³-hybridized carbons (Fsp3) is 0.182. The van der Waals surface area contributed by atoms with Crippen LogP contribution in [0.1, 0.15) is 53.1 Å². The number of hydrogen-bond acceptors (Lipinski definition) is 1. The summed E-state index contributed by atoms with van der Waals surface area (Å²) >= 11 is 6.21. The molecule has 1 amide bonds. The maximum Gasteiger partial charge on any atom is 0.221 e. The van der Waals surface area contributed by atoms with Crippen LogP contribution in [0.15, 0.2) is 109 Å². The van der Waals surface area contributed by atoms with Crippen molar-refractivity contribution in [3.8, 4) is 0 Å². The van der Waals surface area contributed by atoms with E-state index in [1.807, 2.05) is 60.7 Å². The molecule has 3 nitrogen and oxygen atoms in total. The van der Waals surface area contributed by atoms with E-state index in [2.05, 4.69) is 65.9 Å². The molecule has 37 heavy (non-hydrogen) atoms. The third kappa shape index (κ3) is 5.79. The maximum atomic E-state index is 13.7. The van der Waals surface area contributed by atoms with Crippen LogP contribution in [-0.2, 0) is 17.6 Å². The Kier molecular flexibility index (Phi) is 7.72. The Balaban J connectivity index is 1.46. The Morgan fingerprint density at radius 3 is 2.24 bits per heavy atom. The molecule has 0 aliphatic heterocycles. The van der Waals surface area contributed by atoms with Gasteiger partial charge in [0.2, 0.25) is 5.91 Å². The molecule has 0 aliphatic carbocycles. The smallest absolute Gasteiger partial charge is 0.221 e. The minimum absolute atomic E-state index is 0.0192. The highest BCUT2D eigenvalue weighted by molar-refractivity contribution is 6.30. The predicted octanol–water partition coefficient (Wildman–Crippen LogP) is 8.01. The minimum atomic E-state index is -0.114. The van der Waals surface area contributed by atoms with Crippen LogP contribution in [0.2, 0.25) is 5.02 Å². The van der Waals surface area contributed by atoms with Gasteiger partial charge in [-0.25, -0.2) is 0 Å². The average molecular weight is 507 g/mol. The van der Waals surface area contributed by atoms with Gasteiger partial charge in [-0.1, -0.05) is 110 Å². The summed E-state index contributed by atoms with van der Waals surface area (Å²) in [4.78, 5) is 17.2. The van der Waals surface area contributed by atoms with Gasteiger partial charge >= 0.3 is 0 Å². The van der Waals surface area contributed by atoms with E-state index in [9.17, 15) is 4.79 Å². The molecule has 5 rings (SSSR count). The zero-order chi connectivity index (χ0) is 25.6. The van der Waals surface area contributed by atoms with Crippen molar-refractivity contribution in [1.29, 1.82) is 0 Å². The minimum Gasteiger partial charge on any atom is -0.361 e. The van der Waals surface area contributed by atoms with Crippen molar-refractivity contribution in [2.45, 2.75) is 38.1 Å². The normalized spacial score (nSPS) is 12.8. The van der Waals surface area contributed by atoms with Gasteiger partial charge in [-0.05, 0) is 52.8 Å². The zero-order valence-electron chi connectivity index (χ0n) is 21.0. The van der Waals surface area contributed by atoms with Gasteiger partial charge in [0.1, 0.15) is 0 Å². The van der Waals surface area contributed by atoms with Crippen LogP contribution in [0.5, 0.6) is 0 Å². The summed E-state index contributed by atoms with van der Waals surface area (Å²) in [5.41, 5.74) is 6.90. The van der Waals surface area contributed by atoms with Crippen molar-refractivity contribution in [3.63, 3.8) is 0 Å². The molecular weight excluding hydrogens is 476 g/mol. The lowest BCUT2D eigenvalue weighted by molar-refractivity contribution is -0.122. The molecule has 4 heteroatoms. The van der Waals surface area contributed by atoms with Gasteiger partial charge in [0.05, 0.1) is 6.04 Å². The number of H-pyrrole nitrogens is 1. The molecule has 0 aliphatic rings. The van der Waals surface area contributed by atoms with E-state index in [-0.39, 0.29) is 17.9 Å². The van der Waals surface area contributed by atoms with E-state index < -0.39 is 0 Å². The van der Waals surface area contributed by atoms with Gasteiger partial charge in [-0.3, -0.25) is 4.79 Å². The van der Waals surface area contributed by atoms with E-state index in [0.717, 1.165) is 40.4 Å².